The SMILES string of the molecule is O=C(c1ccco1)C(O)(c1ccccc1)c1ccco1. The van der Waals surface area contributed by atoms with Crippen LogP contribution in [0.15, 0.2) is 76.0 Å². The molecule has 0 aliphatic rings. The van der Waals surface area contributed by atoms with Gasteiger partial charge in [0.05, 0.1) is 12.5 Å². The standard InChI is InChI=1S/C16H12O4/c17-15(13-8-4-10-19-13)16(18,14-9-5-11-20-14)12-6-2-1-3-7-12/h1-11,18H. The van der Waals surface area contributed by atoms with Crippen LogP contribution < -0.4 is 0 Å². The highest BCUT2D eigenvalue weighted by Gasteiger charge is 2.44. The summed E-state index contributed by atoms with van der Waals surface area (Å²) in [6.45, 7) is 0. The molecule has 1 N–H and O–H groups in total. The molecule has 20 heavy (non-hydrogen) atoms. The van der Waals surface area contributed by atoms with Gasteiger partial charge >= 0.3 is 0 Å². The first-order chi connectivity index (χ1) is 9.73. The normalized spacial score (nSPS) is 13.8. The van der Waals surface area contributed by atoms with Gasteiger partial charge in [0.2, 0.25) is 11.4 Å². The molecule has 4 nitrogen and oxygen atoms in total. The highest BCUT2D eigenvalue weighted by Crippen LogP contribution is 2.33. The molecule has 0 bridgehead atoms. The molecular formula is C16H12O4. The molecule has 3 rings (SSSR count). The first-order valence-electron chi connectivity index (χ1n) is 6.13. The van der Waals surface area contributed by atoms with Gasteiger partial charge in [0.1, 0.15) is 5.76 Å². The van der Waals surface area contributed by atoms with Crippen LogP contribution in [0.4, 0.5) is 0 Å². The summed E-state index contributed by atoms with van der Waals surface area (Å²) in [7, 11) is 0. The second-order valence-corrected chi connectivity index (χ2v) is 4.36. The second kappa shape index (κ2) is 4.83. The fraction of sp³-hybridized carbons (Fsp3) is 0.0625. The largest absolute Gasteiger partial charge is 0.465 e. The zero-order valence-corrected chi connectivity index (χ0v) is 10.5. The monoisotopic (exact) mass is 268 g/mol. The van der Waals surface area contributed by atoms with E-state index in [2.05, 4.69) is 0 Å². The van der Waals surface area contributed by atoms with Gasteiger partial charge in [-0.15, -0.1) is 0 Å². The van der Waals surface area contributed by atoms with Crippen molar-refractivity contribution in [2.24, 2.45) is 0 Å². The zero-order chi connectivity index (χ0) is 14.0. The van der Waals surface area contributed by atoms with Crippen molar-refractivity contribution in [3.8, 4) is 0 Å². The summed E-state index contributed by atoms with van der Waals surface area (Å²) >= 11 is 0. The minimum atomic E-state index is -1.90. The maximum absolute atomic E-state index is 12.6. The molecule has 0 saturated heterocycles. The van der Waals surface area contributed by atoms with E-state index in [0.29, 0.717) is 5.56 Å². The smallest absolute Gasteiger partial charge is 0.241 e. The summed E-state index contributed by atoms with van der Waals surface area (Å²) in [5.74, 6) is -0.332. The Labute approximate surface area is 115 Å². The Balaban J connectivity index is 2.17. The highest BCUT2D eigenvalue weighted by molar-refractivity contribution is 6.02. The molecule has 0 amide bonds. The molecule has 0 fully saturated rings. The molecule has 4 heteroatoms. The van der Waals surface area contributed by atoms with E-state index in [1.54, 1.807) is 42.5 Å². The van der Waals surface area contributed by atoms with Gasteiger partial charge in [-0.1, -0.05) is 30.3 Å². The average molecular weight is 268 g/mol. The van der Waals surface area contributed by atoms with Gasteiger partial charge in [0.25, 0.3) is 0 Å². The van der Waals surface area contributed by atoms with Crippen molar-refractivity contribution in [1.82, 2.24) is 0 Å². The number of aliphatic hydroxyl groups is 1. The summed E-state index contributed by atoms with van der Waals surface area (Å²) in [5, 5.41) is 11.0. The van der Waals surface area contributed by atoms with Crippen molar-refractivity contribution in [1.29, 1.82) is 0 Å². The third kappa shape index (κ3) is 1.87. The lowest BCUT2D eigenvalue weighted by Crippen LogP contribution is -2.36. The predicted molar refractivity (Wildman–Crippen MR) is 71.2 cm³/mol. The Morgan fingerprint density at radius 1 is 0.900 bits per heavy atom. The van der Waals surface area contributed by atoms with Crippen LogP contribution in [-0.4, -0.2) is 10.9 Å². The number of furan rings is 2. The molecule has 100 valence electrons. The number of ketones is 1. The summed E-state index contributed by atoms with van der Waals surface area (Å²) < 4.78 is 10.4. The van der Waals surface area contributed by atoms with Gasteiger partial charge in [0.15, 0.2) is 5.76 Å². The minimum absolute atomic E-state index is 0.0766. The number of carbonyl (C=O) groups excluding carboxylic acids is 1. The van der Waals surface area contributed by atoms with Crippen LogP contribution in [0, 0.1) is 0 Å². The molecule has 1 unspecified atom stereocenters. The van der Waals surface area contributed by atoms with Crippen LogP contribution in [0.1, 0.15) is 21.9 Å². The van der Waals surface area contributed by atoms with E-state index < -0.39 is 11.4 Å². The number of Topliss-reactive ketones (excluding diaryl/α,β-unsaturated/α-hetero) is 1. The Kier molecular flexibility index (Phi) is 3.00. The highest BCUT2D eigenvalue weighted by atomic mass is 16.4. The predicted octanol–water partition coefficient (Wildman–Crippen LogP) is 2.99. The van der Waals surface area contributed by atoms with Gasteiger partial charge in [-0.3, -0.25) is 4.79 Å². The lowest BCUT2D eigenvalue weighted by molar-refractivity contribution is 0.0368. The maximum Gasteiger partial charge on any atom is 0.241 e. The van der Waals surface area contributed by atoms with Crippen molar-refractivity contribution in [2.75, 3.05) is 0 Å². The lowest BCUT2D eigenvalue weighted by Gasteiger charge is -2.23. The van der Waals surface area contributed by atoms with E-state index in [4.69, 9.17) is 8.83 Å². The number of hydrogen-bond acceptors (Lipinski definition) is 4. The van der Waals surface area contributed by atoms with Crippen LogP contribution in [0.5, 0.6) is 0 Å². The molecule has 2 heterocycles. The van der Waals surface area contributed by atoms with E-state index in [1.165, 1.54) is 18.6 Å². The molecule has 0 spiro atoms. The third-order valence-corrected chi connectivity index (χ3v) is 3.14. The number of hydrogen-bond donors (Lipinski definition) is 1. The van der Waals surface area contributed by atoms with Gasteiger partial charge in [-0.05, 0) is 29.8 Å². The van der Waals surface area contributed by atoms with Crippen LogP contribution in [0.3, 0.4) is 0 Å². The summed E-state index contributed by atoms with van der Waals surface area (Å²) in [4.78, 5) is 12.6. The Hall–Kier alpha value is -2.59. The lowest BCUT2D eigenvalue weighted by atomic mass is 9.86. The molecule has 3 aromatic rings. The van der Waals surface area contributed by atoms with E-state index in [1.807, 2.05) is 6.07 Å². The number of rotatable bonds is 4. The molecule has 0 radical (unpaired) electrons. The average Bonchev–Trinajstić information content (AvgIpc) is 3.19. The molecular weight excluding hydrogens is 256 g/mol. The quantitative estimate of drug-likeness (QED) is 0.739. The van der Waals surface area contributed by atoms with Crippen molar-refractivity contribution in [2.45, 2.75) is 5.60 Å². The first kappa shape index (κ1) is 12.4. The van der Waals surface area contributed by atoms with Crippen molar-refractivity contribution >= 4 is 5.78 Å². The Bertz CT molecular complexity index is 683. The van der Waals surface area contributed by atoms with Gasteiger partial charge < -0.3 is 13.9 Å². The van der Waals surface area contributed by atoms with Crippen LogP contribution in [0.2, 0.25) is 0 Å². The van der Waals surface area contributed by atoms with Gasteiger partial charge in [-0.25, -0.2) is 0 Å². The summed E-state index contributed by atoms with van der Waals surface area (Å²) in [6.07, 6.45) is 2.81. The van der Waals surface area contributed by atoms with Crippen molar-refractivity contribution in [3.63, 3.8) is 0 Å². The van der Waals surface area contributed by atoms with E-state index in [-0.39, 0.29) is 11.5 Å². The van der Waals surface area contributed by atoms with Gasteiger partial charge in [0, 0.05) is 0 Å². The molecule has 0 aliphatic carbocycles. The minimum Gasteiger partial charge on any atom is -0.465 e. The Morgan fingerprint density at radius 2 is 1.60 bits per heavy atom. The third-order valence-electron chi connectivity index (χ3n) is 3.14. The van der Waals surface area contributed by atoms with Crippen LogP contribution >= 0.6 is 0 Å². The fourth-order valence-corrected chi connectivity index (χ4v) is 2.14. The first-order valence-corrected chi connectivity index (χ1v) is 6.13. The molecule has 1 aromatic carbocycles. The zero-order valence-electron chi connectivity index (χ0n) is 10.5. The van der Waals surface area contributed by atoms with E-state index in [9.17, 15) is 9.90 Å². The summed E-state index contributed by atoms with van der Waals surface area (Å²) in [5.41, 5.74) is -1.47. The van der Waals surface area contributed by atoms with Crippen LogP contribution in [-0.2, 0) is 5.60 Å². The maximum atomic E-state index is 12.6. The van der Waals surface area contributed by atoms with Crippen molar-refractivity contribution < 1.29 is 18.7 Å². The molecule has 0 aliphatic heterocycles. The molecule has 1 atom stereocenters. The topological polar surface area (TPSA) is 63.6 Å². The molecule has 2 aromatic heterocycles. The van der Waals surface area contributed by atoms with Crippen LogP contribution in [0.25, 0.3) is 0 Å². The van der Waals surface area contributed by atoms with Gasteiger partial charge in [-0.2, -0.15) is 0 Å². The number of benzene rings is 1. The second-order valence-electron chi connectivity index (χ2n) is 4.36. The van der Waals surface area contributed by atoms with Crippen molar-refractivity contribution in [3.05, 3.63) is 84.2 Å². The fourth-order valence-electron chi connectivity index (χ4n) is 2.14. The molecule has 0 saturated carbocycles. The Morgan fingerprint density at radius 3 is 2.20 bits per heavy atom. The summed E-state index contributed by atoms with van der Waals surface area (Å²) in [6, 6.07) is 14.9. The van der Waals surface area contributed by atoms with E-state index in [0.717, 1.165) is 0 Å². The number of carbonyl (C=O) groups is 1. The van der Waals surface area contributed by atoms with E-state index >= 15 is 0 Å².